The minimum atomic E-state index is -4.07. The second-order valence-corrected chi connectivity index (χ2v) is 5.07. The van der Waals surface area contributed by atoms with Crippen molar-refractivity contribution in [2.75, 3.05) is 26.6 Å². The monoisotopic (exact) mass is 234 g/mol. The fourth-order valence-corrected chi connectivity index (χ4v) is 1.31. The van der Waals surface area contributed by atoms with E-state index in [9.17, 15) is 16.8 Å². The second kappa shape index (κ2) is 4.86. The molecule has 9 heteroatoms. The molecule has 0 aliphatic rings. The maximum atomic E-state index is 10.6. The zero-order chi connectivity index (χ0) is 10.5. The second-order valence-electron chi connectivity index (χ2n) is 1.83. The Morgan fingerprint density at radius 2 is 1.54 bits per heavy atom. The third kappa shape index (κ3) is 5.93. The van der Waals surface area contributed by atoms with Crippen molar-refractivity contribution in [3.8, 4) is 0 Å². The zero-order valence-electron chi connectivity index (χ0n) is 7.09. The minimum Gasteiger partial charge on any atom is -0.273 e. The maximum Gasteiger partial charge on any atom is 0.399 e. The molecule has 0 aliphatic carbocycles. The predicted molar refractivity (Wildman–Crippen MR) is 42.7 cm³/mol. The van der Waals surface area contributed by atoms with Crippen molar-refractivity contribution < 1.29 is 29.4 Å². The number of hydrogen-bond acceptors (Lipinski definition) is 7. The van der Waals surface area contributed by atoms with Crippen LogP contribution in [0.3, 0.4) is 0 Å². The summed E-state index contributed by atoms with van der Waals surface area (Å²) in [5.41, 5.74) is 0. The first kappa shape index (κ1) is 12.8. The Balaban J connectivity index is 3.96. The standard InChI is InChI=1S/C4H10O7S2/c1-9-12(5,6)4-3-11-13(7,8)10-2/h3-4H2,1-2H3. The molecule has 80 valence electrons. The Morgan fingerprint density at radius 1 is 1.00 bits per heavy atom. The first-order valence-corrected chi connectivity index (χ1v) is 5.97. The largest absolute Gasteiger partial charge is 0.399 e. The molecule has 0 aromatic heterocycles. The fourth-order valence-electron chi connectivity index (χ4n) is 0.370. The van der Waals surface area contributed by atoms with E-state index in [2.05, 4.69) is 12.5 Å². The highest BCUT2D eigenvalue weighted by Gasteiger charge is 2.13. The molecule has 0 amide bonds. The highest BCUT2D eigenvalue weighted by atomic mass is 32.3. The van der Waals surface area contributed by atoms with Gasteiger partial charge < -0.3 is 0 Å². The summed E-state index contributed by atoms with van der Waals surface area (Å²) in [6.45, 7) is -0.535. The summed E-state index contributed by atoms with van der Waals surface area (Å²) >= 11 is 0. The molecular weight excluding hydrogens is 224 g/mol. The summed E-state index contributed by atoms with van der Waals surface area (Å²) in [6.07, 6.45) is 0. The van der Waals surface area contributed by atoms with E-state index >= 15 is 0 Å². The molecule has 0 aromatic rings. The quantitative estimate of drug-likeness (QED) is 0.536. The van der Waals surface area contributed by atoms with Crippen molar-refractivity contribution in [3.05, 3.63) is 0 Å². The third-order valence-corrected chi connectivity index (χ3v) is 3.06. The van der Waals surface area contributed by atoms with Crippen LogP contribution in [0, 0.1) is 0 Å². The van der Waals surface area contributed by atoms with Crippen molar-refractivity contribution in [2.45, 2.75) is 0 Å². The molecular formula is C4H10O7S2. The van der Waals surface area contributed by atoms with E-state index < -0.39 is 32.9 Å². The smallest absolute Gasteiger partial charge is 0.273 e. The van der Waals surface area contributed by atoms with Gasteiger partial charge in [-0.15, -0.1) is 0 Å². The average Bonchev–Trinajstić information content (AvgIpc) is 2.04. The summed E-state index contributed by atoms with van der Waals surface area (Å²) in [6, 6.07) is 0. The molecule has 0 aromatic carbocycles. The SMILES string of the molecule is COS(=O)(=O)CCOS(=O)(=O)OC. The van der Waals surface area contributed by atoms with E-state index in [1.165, 1.54) is 0 Å². The van der Waals surface area contributed by atoms with Gasteiger partial charge in [-0.2, -0.15) is 16.8 Å². The van der Waals surface area contributed by atoms with Gasteiger partial charge in [-0.3, -0.25) is 8.37 Å². The molecule has 0 saturated carbocycles. The van der Waals surface area contributed by atoms with Gasteiger partial charge in [0.1, 0.15) is 5.75 Å². The van der Waals surface area contributed by atoms with Crippen LogP contribution in [0.1, 0.15) is 0 Å². The molecule has 0 spiro atoms. The van der Waals surface area contributed by atoms with Crippen molar-refractivity contribution in [1.29, 1.82) is 0 Å². The molecule has 0 rings (SSSR count). The molecule has 0 N–H and O–H groups in total. The fraction of sp³-hybridized carbons (Fsp3) is 1.00. The Hall–Kier alpha value is -0.220. The molecule has 0 heterocycles. The van der Waals surface area contributed by atoms with E-state index in [1.54, 1.807) is 0 Å². The van der Waals surface area contributed by atoms with Gasteiger partial charge in [0.2, 0.25) is 0 Å². The van der Waals surface area contributed by atoms with Gasteiger partial charge >= 0.3 is 10.4 Å². The zero-order valence-corrected chi connectivity index (χ0v) is 8.72. The van der Waals surface area contributed by atoms with Crippen LogP contribution in [-0.4, -0.2) is 43.4 Å². The Labute approximate surface area is 77.1 Å². The van der Waals surface area contributed by atoms with Crippen molar-refractivity contribution in [2.24, 2.45) is 0 Å². The molecule has 0 fully saturated rings. The van der Waals surface area contributed by atoms with E-state index in [0.717, 1.165) is 14.2 Å². The van der Waals surface area contributed by atoms with Crippen LogP contribution >= 0.6 is 0 Å². The van der Waals surface area contributed by atoms with Gasteiger partial charge in [-0.1, -0.05) is 0 Å². The van der Waals surface area contributed by atoms with Crippen LogP contribution in [0.4, 0.5) is 0 Å². The molecule has 0 radical (unpaired) electrons. The normalized spacial score (nSPS) is 13.1. The van der Waals surface area contributed by atoms with Crippen LogP contribution in [0.2, 0.25) is 0 Å². The van der Waals surface area contributed by atoms with E-state index in [4.69, 9.17) is 0 Å². The third-order valence-electron chi connectivity index (χ3n) is 1.02. The highest BCUT2D eigenvalue weighted by Crippen LogP contribution is 1.96. The lowest BCUT2D eigenvalue weighted by Crippen LogP contribution is -2.17. The molecule has 0 atom stereocenters. The highest BCUT2D eigenvalue weighted by molar-refractivity contribution is 7.86. The molecule has 7 nitrogen and oxygen atoms in total. The molecule has 0 bridgehead atoms. The summed E-state index contributed by atoms with van der Waals surface area (Å²) in [4.78, 5) is 0. The van der Waals surface area contributed by atoms with Crippen LogP contribution in [-0.2, 0) is 33.1 Å². The molecule has 0 aliphatic heterocycles. The van der Waals surface area contributed by atoms with E-state index in [1.807, 2.05) is 0 Å². The summed E-state index contributed by atoms with van der Waals surface area (Å²) in [5, 5.41) is 0. The first-order valence-electron chi connectivity index (χ1n) is 3.06. The predicted octanol–water partition coefficient (Wildman–Crippen LogP) is -1.13. The maximum absolute atomic E-state index is 10.6. The molecule has 0 saturated heterocycles. The number of rotatable bonds is 6. The Kier molecular flexibility index (Phi) is 4.78. The first-order chi connectivity index (χ1) is 5.83. The lowest BCUT2D eigenvalue weighted by atomic mass is 10.9. The summed E-state index contributed by atoms with van der Waals surface area (Å²) in [7, 11) is -5.89. The van der Waals surface area contributed by atoms with Gasteiger partial charge in [0.15, 0.2) is 0 Å². The number of hydrogen-bond donors (Lipinski definition) is 0. The van der Waals surface area contributed by atoms with Crippen LogP contribution in [0.25, 0.3) is 0 Å². The molecule has 13 heavy (non-hydrogen) atoms. The van der Waals surface area contributed by atoms with Gasteiger partial charge in [0, 0.05) is 0 Å². The van der Waals surface area contributed by atoms with Crippen molar-refractivity contribution in [1.82, 2.24) is 0 Å². The van der Waals surface area contributed by atoms with Gasteiger partial charge in [0.05, 0.1) is 20.8 Å². The topological polar surface area (TPSA) is 96.0 Å². The summed E-state index contributed by atoms with van der Waals surface area (Å²) in [5.74, 6) is -0.550. The van der Waals surface area contributed by atoms with Gasteiger partial charge in [0.25, 0.3) is 10.1 Å². The lowest BCUT2D eigenvalue weighted by molar-refractivity contribution is 0.253. The van der Waals surface area contributed by atoms with Crippen LogP contribution < -0.4 is 0 Å². The average molecular weight is 234 g/mol. The Morgan fingerprint density at radius 3 is 1.92 bits per heavy atom. The van der Waals surface area contributed by atoms with Crippen molar-refractivity contribution in [3.63, 3.8) is 0 Å². The van der Waals surface area contributed by atoms with Crippen molar-refractivity contribution >= 4 is 20.5 Å². The van der Waals surface area contributed by atoms with E-state index in [-0.39, 0.29) is 0 Å². The Bertz CT molecular complexity index is 292. The molecule has 0 unspecified atom stereocenters. The van der Waals surface area contributed by atoms with Crippen LogP contribution in [0.5, 0.6) is 0 Å². The van der Waals surface area contributed by atoms with Crippen LogP contribution in [0.15, 0.2) is 0 Å². The van der Waals surface area contributed by atoms with E-state index in [0.29, 0.717) is 0 Å². The summed E-state index contributed by atoms with van der Waals surface area (Å²) < 4.78 is 54.3. The van der Waals surface area contributed by atoms with Gasteiger partial charge in [-0.25, -0.2) is 4.18 Å². The lowest BCUT2D eigenvalue weighted by Gasteiger charge is -2.02. The minimum absolute atomic E-state index is 0.535. The van der Waals surface area contributed by atoms with Gasteiger partial charge in [-0.05, 0) is 0 Å².